The maximum absolute atomic E-state index is 12.6. The van der Waals surface area contributed by atoms with E-state index in [2.05, 4.69) is 15.5 Å². The molecule has 8 heteroatoms. The number of alkyl halides is 3. The minimum atomic E-state index is -4.36. The molecule has 25 heavy (non-hydrogen) atoms. The van der Waals surface area contributed by atoms with Crippen LogP contribution in [0.1, 0.15) is 36.6 Å². The van der Waals surface area contributed by atoms with E-state index in [-0.39, 0.29) is 17.4 Å². The van der Waals surface area contributed by atoms with Gasteiger partial charge in [0.05, 0.1) is 17.8 Å². The Kier molecular flexibility index (Phi) is 4.04. The first-order chi connectivity index (χ1) is 12.0. The predicted octanol–water partition coefficient (Wildman–Crippen LogP) is 3.38. The minimum Gasteiger partial charge on any atom is -0.374 e. The zero-order chi connectivity index (χ0) is 17.5. The third kappa shape index (κ3) is 3.28. The summed E-state index contributed by atoms with van der Waals surface area (Å²) >= 11 is 0. The van der Waals surface area contributed by atoms with Crippen molar-refractivity contribution in [2.45, 2.75) is 37.0 Å². The fourth-order valence-corrected chi connectivity index (χ4v) is 3.56. The molecule has 2 aliphatic rings. The standard InChI is InChI=1S/C17H18F3N3O2/c18-17(19,20)13-3-1-11(2-4-13)15-22-14(23-25-15)12-9-16(24-10-12)5-7-21-8-6-16/h1-4,12,21H,5-10H2. The van der Waals surface area contributed by atoms with Gasteiger partial charge in [-0.2, -0.15) is 18.2 Å². The van der Waals surface area contributed by atoms with E-state index in [1.54, 1.807) is 0 Å². The summed E-state index contributed by atoms with van der Waals surface area (Å²) in [5, 5.41) is 7.34. The predicted molar refractivity (Wildman–Crippen MR) is 82.9 cm³/mol. The number of hydrogen-bond donors (Lipinski definition) is 1. The zero-order valence-corrected chi connectivity index (χ0v) is 13.5. The fraction of sp³-hybridized carbons (Fsp3) is 0.529. The van der Waals surface area contributed by atoms with Gasteiger partial charge < -0.3 is 14.6 Å². The summed E-state index contributed by atoms with van der Waals surface area (Å²) in [7, 11) is 0. The summed E-state index contributed by atoms with van der Waals surface area (Å²) in [4.78, 5) is 4.38. The second-order valence-electron chi connectivity index (χ2n) is 6.68. The topological polar surface area (TPSA) is 60.2 Å². The first-order valence-corrected chi connectivity index (χ1v) is 8.31. The van der Waals surface area contributed by atoms with Gasteiger partial charge in [0.15, 0.2) is 5.82 Å². The van der Waals surface area contributed by atoms with E-state index >= 15 is 0 Å². The molecular formula is C17H18F3N3O2. The molecule has 1 aromatic carbocycles. The zero-order valence-electron chi connectivity index (χ0n) is 13.5. The molecule has 1 N–H and O–H groups in total. The first-order valence-electron chi connectivity index (χ1n) is 8.31. The molecule has 1 spiro atoms. The number of benzene rings is 1. The van der Waals surface area contributed by atoms with Crippen LogP contribution in [-0.2, 0) is 10.9 Å². The highest BCUT2D eigenvalue weighted by molar-refractivity contribution is 5.53. The van der Waals surface area contributed by atoms with Gasteiger partial charge in [0, 0.05) is 11.5 Å². The number of rotatable bonds is 2. The van der Waals surface area contributed by atoms with Crippen molar-refractivity contribution in [3.63, 3.8) is 0 Å². The molecule has 0 radical (unpaired) electrons. The Morgan fingerprint density at radius 3 is 2.52 bits per heavy atom. The Hall–Kier alpha value is -1.93. The lowest BCUT2D eigenvalue weighted by Crippen LogP contribution is -2.41. The maximum atomic E-state index is 12.6. The van der Waals surface area contributed by atoms with Crippen LogP contribution in [0.3, 0.4) is 0 Å². The van der Waals surface area contributed by atoms with Crippen LogP contribution in [0, 0.1) is 0 Å². The van der Waals surface area contributed by atoms with Crippen molar-refractivity contribution < 1.29 is 22.4 Å². The lowest BCUT2D eigenvalue weighted by molar-refractivity contribution is -0.137. The first kappa shape index (κ1) is 16.5. The van der Waals surface area contributed by atoms with Crippen LogP contribution in [0.2, 0.25) is 0 Å². The van der Waals surface area contributed by atoms with Gasteiger partial charge in [-0.25, -0.2) is 0 Å². The summed E-state index contributed by atoms with van der Waals surface area (Å²) in [6, 6.07) is 4.73. The molecule has 1 atom stereocenters. The van der Waals surface area contributed by atoms with E-state index < -0.39 is 11.7 Å². The smallest absolute Gasteiger partial charge is 0.374 e. The molecule has 1 aromatic heterocycles. The summed E-state index contributed by atoms with van der Waals surface area (Å²) in [6.45, 7) is 2.43. The van der Waals surface area contributed by atoms with Crippen molar-refractivity contribution in [1.82, 2.24) is 15.5 Å². The number of nitrogens with zero attached hydrogens (tertiary/aromatic N) is 2. The molecule has 2 saturated heterocycles. The minimum absolute atomic E-state index is 0.0602. The highest BCUT2D eigenvalue weighted by Crippen LogP contribution is 2.41. The van der Waals surface area contributed by atoms with Crippen LogP contribution in [0.15, 0.2) is 28.8 Å². The van der Waals surface area contributed by atoms with Crippen LogP contribution >= 0.6 is 0 Å². The van der Waals surface area contributed by atoms with Crippen LogP contribution in [0.5, 0.6) is 0 Å². The quantitative estimate of drug-likeness (QED) is 0.897. The number of hydrogen-bond acceptors (Lipinski definition) is 5. The molecule has 3 heterocycles. The van der Waals surface area contributed by atoms with Gasteiger partial charge in [0.25, 0.3) is 5.89 Å². The number of halogens is 3. The SMILES string of the molecule is FC(F)(F)c1ccc(-c2nc(C3COC4(CCNCC4)C3)no2)cc1. The van der Waals surface area contributed by atoms with E-state index in [1.807, 2.05) is 0 Å². The number of nitrogens with one attached hydrogen (secondary N) is 1. The molecule has 0 aliphatic carbocycles. The van der Waals surface area contributed by atoms with Crippen LogP contribution in [0.25, 0.3) is 11.5 Å². The summed E-state index contributed by atoms with van der Waals surface area (Å²) in [5.74, 6) is 0.852. The van der Waals surface area contributed by atoms with Gasteiger partial charge in [-0.1, -0.05) is 5.16 Å². The fourth-order valence-electron chi connectivity index (χ4n) is 3.56. The van der Waals surface area contributed by atoms with Crippen molar-refractivity contribution in [2.24, 2.45) is 0 Å². The van der Waals surface area contributed by atoms with E-state index in [0.29, 0.717) is 18.0 Å². The average molecular weight is 353 g/mol. The molecule has 2 aliphatic heterocycles. The highest BCUT2D eigenvalue weighted by atomic mass is 19.4. The Balaban J connectivity index is 1.49. The van der Waals surface area contributed by atoms with Crippen molar-refractivity contribution >= 4 is 0 Å². The molecule has 0 saturated carbocycles. The molecule has 1 unspecified atom stereocenters. The normalized spacial score (nSPS) is 23.2. The monoisotopic (exact) mass is 353 g/mol. The van der Waals surface area contributed by atoms with Crippen molar-refractivity contribution in [2.75, 3.05) is 19.7 Å². The molecule has 5 nitrogen and oxygen atoms in total. The largest absolute Gasteiger partial charge is 0.416 e. The maximum Gasteiger partial charge on any atom is 0.416 e. The lowest BCUT2D eigenvalue weighted by Gasteiger charge is -2.32. The van der Waals surface area contributed by atoms with Crippen molar-refractivity contribution in [3.8, 4) is 11.5 Å². The van der Waals surface area contributed by atoms with E-state index in [9.17, 15) is 13.2 Å². The molecule has 2 aromatic rings. The molecule has 2 fully saturated rings. The second-order valence-corrected chi connectivity index (χ2v) is 6.68. The van der Waals surface area contributed by atoms with Gasteiger partial charge in [-0.05, 0) is 56.6 Å². The Morgan fingerprint density at radius 2 is 1.84 bits per heavy atom. The molecule has 0 bridgehead atoms. The van der Waals surface area contributed by atoms with Gasteiger partial charge in [0.2, 0.25) is 0 Å². The number of aromatic nitrogens is 2. The summed E-state index contributed by atoms with van der Waals surface area (Å²) in [6.07, 6.45) is -1.58. The van der Waals surface area contributed by atoms with Crippen LogP contribution in [0.4, 0.5) is 13.2 Å². The molecular weight excluding hydrogens is 335 g/mol. The Morgan fingerprint density at radius 1 is 1.12 bits per heavy atom. The van der Waals surface area contributed by atoms with Gasteiger partial charge in [0.1, 0.15) is 0 Å². The Bertz CT molecular complexity index is 736. The van der Waals surface area contributed by atoms with Gasteiger partial charge >= 0.3 is 6.18 Å². The molecule has 134 valence electrons. The number of piperidine rings is 1. The second kappa shape index (κ2) is 6.10. The average Bonchev–Trinajstić information content (AvgIpc) is 3.23. The van der Waals surface area contributed by atoms with E-state index in [0.717, 1.165) is 44.5 Å². The summed E-state index contributed by atoms with van der Waals surface area (Å²) in [5.41, 5.74) is -0.333. The molecule has 4 rings (SSSR count). The van der Waals surface area contributed by atoms with Gasteiger partial charge in [-0.3, -0.25) is 0 Å². The summed E-state index contributed by atoms with van der Waals surface area (Å²) < 4.78 is 49.2. The van der Waals surface area contributed by atoms with Crippen molar-refractivity contribution in [3.05, 3.63) is 35.7 Å². The third-order valence-corrected chi connectivity index (χ3v) is 4.99. The highest BCUT2D eigenvalue weighted by Gasteiger charge is 2.43. The molecule has 0 amide bonds. The van der Waals surface area contributed by atoms with Crippen LogP contribution in [-0.4, -0.2) is 35.4 Å². The lowest BCUT2D eigenvalue weighted by atomic mass is 9.86. The van der Waals surface area contributed by atoms with Crippen molar-refractivity contribution in [1.29, 1.82) is 0 Å². The van der Waals surface area contributed by atoms with E-state index in [1.165, 1.54) is 12.1 Å². The van der Waals surface area contributed by atoms with E-state index in [4.69, 9.17) is 9.26 Å². The Labute approximate surface area is 142 Å². The number of ether oxygens (including phenoxy) is 1. The van der Waals surface area contributed by atoms with Crippen LogP contribution < -0.4 is 5.32 Å². The van der Waals surface area contributed by atoms with Gasteiger partial charge in [-0.15, -0.1) is 0 Å². The third-order valence-electron chi connectivity index (χ3n) is 4.99.